The van der Waals surface area contributed by atoms with Crippen LogP contribution in [0.3, 0.4) is 0 Å². The summed E-state index contributed by atoms with van der Waals surface area (Å²) in [5.41, 5.74) is 2.57. The lowest BCUT2D eigenvalue weighted by Gasteiger charge is -2.18. The van der Waals surface area contributed by atoms with Gasteiger partial charge in [0.2, 0.25) is 0 Å². The van der Waals surface area contributed by atoms with Crippen molar-refractivity contribution >= 4 is 5.69 Å². The van der Waals surface area contributed by atoms with Crippen LogP contribution in [0, 0.1) is 5.41 Å². The highest BCUT2D eigenvalue weighted by Crippen LogP contribution is 2.22. The van der Waals surface area contributed by atoms with Crippen molar-refractivity contribution in [2.45, 2.75) is 27.2 Å². The number of hydrogen-bond acceptors (Lipinski definition) is 3. The Kier molecular flexibility index (Phi) is 3.88. The van der Waals surface area contributed by atoms with Gasteiger partial charge in [-0.2, -0.15) is 0 Å². The summed E-state index contributed by atoms with van der Waals surface area (Å²) in [6.45, 7) is 7.74. The molecule has 1 heterocycles. The van der Waals surface area contributed by atoms with E-state index in [1.807, 2.05) is 17.7 Å². The number of benzene rings is 1. The fraction of sp³-hybridized carbons (Fsp3) is 0.467. The highest BCUT2D eigenvalue weighted by molar-refractivity contribution is 5.62. The molecule has 4 heteroatoms. The molecular formula is C15H22N4. The summed E-state index contributed by atoms with van der Waals surface area (Å²) < 4.78 is 1.92. The normalized spacial score (nSPS) is 11.6. The number of aromatic nitrogens is 3. The van der Waals surface area contributed by atoms with E-state index >= 15 is 0 Å². The number of rotatable bonds is 4. The van der Waals surface area contributed by atoms with Crippen molar-refractivity contribution in [3.63, 3.8) is 0 Å². The van der Waals surface area contributed by atoms with Crippen LogP contribution in [0.2, 0.25) is 0 Å². The van der Waals surface area contributed by atoms with Gasteiger partial charge >= 0.3 is 0 Å². The van der Waals surface area contributed by atoms with Crippen molar-refractivity contribution in [1.82, 2.24) is 14.8 Å². The van der Waals surface area contributed by atoms with E-state index in [1.165, 1.54) is 0 Å². The summed E-state index contributed by atoms with van der Waals surface area (Å²) in [5.74, 6) is 0.888. The molecule has 0 fully saturated rings. The summed E-state index contributed by atoms with van der Waals surface area (Å²) in [4.78, 5) is 0. The second-order valence-corrected chi connectivity index (χ2v) is 6.08. The molecule has 0 aliphatic rings. The van der Waals surface area contributed by atoms with Gasteiger partial charge in [-0.1, -0.05) is 32.9 Å². The lowest BCUT2D eigenvalue weighted by molar-refractivity contribution is 0.390. The van der Waals surface area contributed by atoms with Crippen molar-refractivity contribution in [2.75, 3.05) is 11.9 Å². The van der Waals surface area contributed by atoms with Gasteiger partial charge in [0, 0.05) is 24.8 Å². The number of nitrogens with one attached hydrogen (secondary N) is 1. The minimum Gasteiger partial charge on any atom is -0.385 e. The Labute approximate surface area is 114 Å². The topological polar surface area (TPSA) is 42.7 Å². The Bertz CT molecular complexity index is 537. The molecule has 2 aromatic rings. The quantitative estimate of drug-likeness (QED) is 0.914. The molecule has 0 spiro atoms. The lowest BCUT2D eigenvalue weighted by Crippen LogP contribution is -2.12. The number of anilines is 1. The smallest absolute Gasteiger partial charge is 0.163 e. The van der Waals surface area contributed by atoms with Crippen molar-refractivity contribution in [2.24, 2.45) is 12.5 Å². The first-order valence-electron chi connectivity index (χ1n) is 6.64. The zero-order chi connectivity index (χ0) is 13.9. The molecular weight excluding hydrogens is 236 g/mol. The third kappa shape index (κ3) is 3.81. The fourth-order valence-electron chi connectivity index (χ4n) is 1.89. The molecule has 1 aromatic carbocycles. The SMILES string of the molecule is Cn1cnnc1-c1cccc(NCCC(C)(C)C)c1. The van der Waals surface area contributed by atoms with Gasteiger partial charge in [0.1, 0.15) is 6.33 Å². The third-order valence-electron chi connectivity index (χ3n) is 3.04. The van der Waals surface area contributed by atoms with E-state index in [0.29, 0.717) is 5.41 Å². The Morgan fingerprint density at radius 3 is 2.68 bits per heavy atom. The third-order valence-corrected chi connectivity index (χ3v) is 3.04. The van der Waals surface area contributed by atoms with Gasteiger partial charge in [0.05, 0.1) is 0 Å². The van der Waals surface area contributed by atoms with Crippen molar-refractivity contribution in [3.8, 4) is 11.4 Å². The first-order valence-corrected chi connectivity index (χ1v) is 6.64. The van der Waals surface area contributed by atoms with Crippen LogP contribution >= 0.6 is 0 Å². The maximum Gasteiger partial charge on any atom is 0.163 e. The largest absolute Gasteiger partial charge is 0.385 e. The van der Waals surface area contributed by atoms with Gasteiger partial charge in [-0.15, -0.1) is 10.2 Å². The molecule has 19 heavy (non-hydrogen) atoms. The van der Waals surface area contributed by atoms with Crippen LogP contribution in [0.4, 0.5) is 5.69 Å². The van der Waals surface area contributed by atoms with E-state index in [-0.39, 0.29) is 0 Å². The standard InChI is InChI=1S/C15H22N4/c1-15(2,3)8-9-16-13-7-5-6-12(10-13)14-18-17-11-19(14)4/h5-7,10-11,16H,8-9H2,1-4H3. The summed E-state index contributed by atoms with van der Waals surface area (Å²) >= 11 is 0. The second-order valence-electron chi connectivity index (χ2n) is 6.08. The van der Waals surface area contributed by atoms with Crippen LogP contribution in [-0.2, 0) is 7.05 Å². The first-order chi connectivity index (χ1) is 8.96. The van der Waals surface area contributed by atoms with Crippen LogP contribution in [0.1, 0.15) is 27.2 Å². The molecule has 1 aromatic heterocycles. The molecule has 4 nitrogen and oxygen atoms in total. The van der Waals surface area contributed by atoms with Crippen LogP contribution < -0.4 is 5.32 Å². The summed E-state index contributed by atoms with van der Waals surface area (Å²) in [5, 5.41) is 11.5. The molecule has 0 amide bonds. The Hall–Kier alpha value is -1.84. The molecule has 2 rings (SSSR count). The second kappa shape index (κ2) is 5.43. The van der Waals surface area contributed by atoms with Gasteiger partial charge in [0.25, 0.3) is 0 Å². The zero-order valence-electron chi connectivity index (χ0n) is 12.1. The minimum atomic E-state index is 0.355. The van der Waals surface area contributed by atoms with Gasteiger partial charge in [-0.25, -0.2) is 0 Å². The van der Waals surface area contributed by atoms with Crippen LogP contribution in [0.15, 0.2) is 30.6 Å². The van der Waals surface area contributed by atoms with E-state index in [1.54, 1.807) is 6.33 Å². The average Bonchev–Trinajstić information content (AvgIpc) is 2.74. The Morgan fingerprint density at radius 1 is 1.26 bits per heavy atom. The molecule has 0 bridgehead atoms. The van der Waals surface area contributed by atoms with E-state index < -0.39 is 0 Å². The van der Waals surface area contributed by atoms with Gasteiger partial charge < -0.3 is 9.88 Å². The lowest BCUT2D eigenvalue weighted by atomic mass is 9.92. The Morgan fingerprint density at radius 2 is 2.05 bits per heavy atom. The van der Waals surface area contributed by atoms with Crippen LogP contribution in [-0.4, -0.2) is 21.3 Å². The molecule has 1 N–H and O–H groups in total. The molecule has 0 aliphatic carbocycles. The maximum absolute atomic E-state index is 4.13. The fourth-order valence-corrected chi connectivity index (χ4v) is 1.89. The van der Waals surface area contributed by atoms with Gasteiger partial charge in [0.15, 0.2) is 5.82 Å². The maximum atomic E-state index is 4.13. The average molecular weight is 258 g/mol. The summed E-state index contributed by atoms with van der Waals surface area (Å²) in [6, 6.07) is 8.30. The zero-order valence-corrected chi connectivity index (χ0v) is 12.1. The number of aryl methyl sites for hydroxylation is 1. The highest BCUT2D eigenvalue weighted by Gasteiger charge is 2.09. The van der Waals surface area contributed by atoms with Gasteiger partial charge in [-0.05, 0) is 24.0 Å². The van der Waals surface area contributed by atoms with Crippen molar-refractivity contribution in [1.29, 1.82) is 0 Å². The predicted octanol–water partition coefficient (Wildman–Crippen LogP) is 3.33. The summed E-state index contributed by atoms with van der Waals surface area (Å²) in [6.07, 6.45) is 2.86. The molecule has 0 unspecified atom stereocenters. The van der Waals surface area contributed by atoms with E-state index in [4.69, 9.17) is 0 Å². The van der Waals surface area contributed by atoms with E-state index in [2.05, 4.69) is 54.5 Å². The predicted molar refractivity (Wildman–Crippen MR) is 79.0 cm³/mol. The molecule has 0 saturated heterocycles. The number of hydrogen-bond donors (Lipinski definition) is 1. The molecule has 0 atom stereocenters. The van der Waals surface area contributed by atoms with Crippen LogP contribution in [0.5, 0.6) is 0 Å². The van der Waals surface area contributed by atoms with Crippen molar-refractivity contribution in [3.05, 3.63) is 30.6 Å². The summed E-state index contributed by atoms with van der Waals surface area (Å²) in [7, 11) is 1.95. The van der Waals surface area contributed by atoms with Crippen molar-refractivity contribution < 1.29 is 0 Å². The molecule has 102 valence electrons. The molecule has 0 saturated carbocycles. The van der Waals surface area contributed by atoms with E-state index in [9.17, 15) is 0 Å². The molecule has 0 radical (unpaired) electrons. The first kappa shape index (κ1) is 13.6. The number of nitrogens with zero attached hydrogens (tertiary/aromatic N) is 3. The monoisotopic (exact) mass is 258 g/mol. The van der Waals surface area contributed by atoms with E-state index in [0.717, 1.165) is 30.0 Å². The van der Waals surface area contributed by atoms with Crippen LogP contribution in [0.25, 0.3) is 11.4 Å². The highest BCUT2D eigenvalue weighted by atomic mass is 15.2. The molecule has 0 aliphatic heterocycles. The Balaban J connectivity index is 2.06. The minimum absolute atomic E-state index is 0.355. The van der Waals surface area contributed by atoms with Gasteiger partial charge in [-0.3, -0.25) is 0 Å².